The van der Waals surface area contributed by atoms with Crippen LogP contribution in [0.4, 0.5) is 0 Å². The van der Waals surface area contributed by atoms with Gasteiger partial charge in [0.25, 0.3) is 0 Å². The van der Waals surface area contributed by atoms with Crippen LogP contribution in [0.1, 0.15) is 24.0 Å². The Balaban J connectivity index is 2.16. The molecule has 2 rings (SSSR count). The molecule has 0 saturated carbocycles. The lowest BCUT2D eigenvalue weighted by atomic mass is 10.0. The van der Waals surface area contributed by atoms with Gasteiger partial charge < -0.3 is 31.7 Å². The van der Waals surface area contributed by atoms with Gasteiger partial charge in [-0.05, 0) is 29.7 Å². The Morgan fingerprint density at radius 2 is 1.33 bits per heavy atom. The van der Waals surface area contributed by atoms with Crippen LogP contribution in [0.2, 0.25) is 0 Å². The van der Waals surface area contributed by atoms with Crippen LogP contribution in [-0.4, -0.2) is 57.2 Å². The molecule has 7 N–H and O–H groups in total. The molecule has 0 saturated heterocycles. The molecule has 3 unspecified atom stereocenters. The van der Waals surface area contributed by atoms with Crippen LogP contribution in [0, 0.1) is 0 Å². The van der Waals surface area contributed by atoms with Crippen LogP contribution in [-0.2, 0) is 32.0 Å². The molecule has 0 aliphatic carbocycles. The standard InChI is InChI=1S/C23H27N3O7/c24-17(10-11-20(28)29)21(30)25-18(12-15-6-8-16(27)9-7-15)22(31)26-19(23(32)33)13-14-4-2-1-3-5-14/h1-9,17-19,27H,10-13,24H2,(H,25,30)(H,26,31)(H,28,29)(H,32,33). The lowest BCUT2D eigenvalue weighted by Gasteiger charge is -2.23. The Morgan fingerprint density at radius 1 is 0.788 bits per heavy atom. The molecule has 0 spiro atoms. The number of aliphatic carboxylic acids is 2. The summed E-state index contributed by atoms with van der Waals surface area (Å²) < 4.78 is 0. The predicted molar refractivity (Wildman–Crippen MR) is 118 cm³/mol. The van der Waals surface area contributed by atoms with Crippen molar-refractivity contribution in [1.82, 2.24) is 10.6 Å². The minimum Gasteiger partial charge on any atom is -0.508 e. The number of nitrogens with one attached hydrogen (secondary N) is 2. The summed E-state index contributed by atoms with van der Waals surface area (Å²) in [5, 5.41) is 32.8. The van der Waals surface area contributed by atoms with Crippen molar-refractivity contribution in [2.45, 2.75) is 43.8 Å². The maximum Gasteiger partial charge on any atom is 0.326 e. The summed E-state index contributed by atoms with van der Waals surface area (Å²) in [6, 6.07) is 11.2. The van der Waals surface area contributed by atoms with Gasteiger partial charge in [-0.25, -0.2) is 4.79 Å². The Labute approximate surface area is 190 Å². The molecule has 0 aromatic heterocycles. The number of carboxylic acids is 2. The van der Waals surface area contributed by atoms with Crippen LogP contribution < -0.4 is 16.4 Å². The van der Waals surface area contributed by atoms with Gasteiger partial charge in [-0.3, -0.25) is 14.4 Å². The van der Waals surface area contributed by atoms with Gasteiger partial charge in [0.05, 0.1) is 6.04 Å². The van der Waals surface area contributed by atoms with Crippen LogP contribution in [0.15, 0.2) is 54.6 Å². The van der Waals surface area contributed by atoms with E-state index in [1.807, 2.05) is 0 Å². The summed E-state index contributed by atoms with van der Waals surface area (Å²) in [5.74, 6) is -3.79. The zero-order chi connectivity index (χ0) is 24.4. The van der Waals surface area contributed by atoms with Crippen molar-refractivity contribution in [1.29, 1.82) is 0 Å². The number of carbonyl (C=O) groups excluding carboxylic acids is 2. The number of hydrogen-bond donors (Lipinski definition) is 6. The summed E-state index contributed by atoms with van der Waals surface area (Å²) >= 11 is 0. The SMILES string of the molecule is NC(CCC(=O)O)C(=O)NC(Cc1ccc(O)cc1)C(=O)NC(Cc1ccccc1)C(=O)O. The number of phenols is 1. The first-order valence-electron chi connectivity index (χ1n) is 10.3. The second-order valence-corrected chi connectivity index (χ2v) is 7.56. The quantitative estimate of drug-likeness (QED) is 0.265. The maximum atomic E-state index is 13.0. The number of nitrogens with two attached hydrogens (primary N) is 1. The second-order valence-electron chi connectivity index (χ2n) is 7.56. The number of hydrogen-bond acceptors (Lipinski definition) is 6. The number of benzene rings is 2. The molecule has 0 bridgehead atoms. The van der Waals surface area contributed by atoms with Gasteiger partial charge in [-0.1, -0.05) is 42.5 Å². The van der Waals surface area contributed by atoms with Crippen molar-refractivity contribution in [2.75, 3.05) is 0 Å². The van der Waals surface area contributed by atoms with Crippen molar-refractivity contribution >= 4 is 23.8 Å². The maximum absolute atomic E-state index is 13.0. The molecular weight excluding hydrogens is 430 g/mol. The van der Waals surface area contributed by atoms with Crippen LogP contribution >= 0.6 is 0 Å². The molecule has 0 aliphatic rings. The molecule has 176 valence electrons. The molecule has 0 aliphatic heterocycles. The third-order valence-electron chi connectivity index (χ3n) is 4.91. The fourth-order valence-electron chi connectivity index (χ4n) is 3.09. The Kier molecular flexibility index (Phi) is 9.37. The van der Waals surface area contributed by atoms with Gasteiger partial charge in [0, 0.05) is 19.3 Å². The molecule has 0 heterocycles. The molecule has 33 heavy (non-hydrogen) atoms. The van der Waals surface area contributed by atoms with Crippen LogP contribution in [0.3, 0.4) is 0 Å². The van der Waals surface area contributed by atoms with Gasteiger partial charge in [0.15, 0.2) is 0 Å². The molecule has 3 atom stereocenters. The number of carbonyl (C=O) groups is 4. The van der Waals surface area contributed by atoms with E-state index in [1.54, 1.807) is 42.5 Å². The highest BCUT2D eigenvalue weighted by molar-refractivity contribution is 5.92. The van der Waals surface area contributed by atoms with Gasteiger partial charge in [0.1, 0.15) is 17.8 Å². The zero-order valence-corrected chi connectivity index (χ0v) is 17.8. The monoisotopic (exact) mass is 457 g/mol. The first kappa shape index (κ1) is 25.3. The fraction of sp³-hybridized carbons (Fsp3) is 0.304. The van der Waals surface area contributed by atoms with Gasteiger partial charge in [-0.15, -0.1) is 0 Å². The summed E-state index contributed by atoms with van der Waals surface area (Å²) in [4.78, 5) is 47.9. The van der Waals surface area contributed by atoms with Crippen LogP contribution in [0.5, 0.6) is 5.75 Å². The minimum absolute atomic E-state index is 0.00117. The average molecular weight is 457 g/mol. The smallest absolute Gasteiger partial charge is 0.326 e. The zero-order valence-electron chi connectivity index (χ0n) is 17.8. The Bertz CT molecular complexity index is 964. The number of aromatic hydroxyl groups is 1. The normalized spacial score (nSPS) is 13.4. The summed E-state index contributed by atoms with van der Waals surface area (Å²) in [5.41, 5.74) is 7.05. The highest BCUT2D eigenvalue weighted by Crippen LogP contribution is 2.12. The predicted octanol–water partition coefficient (Wildman–Crippen LogP) is 0.424. The molecule has 2 aromatic carbocycles. The average Bonchev–Trinajstić information content (AvgIpc) is 2.78. The molecule has 2 amide bonds. The van der Waals surface area contributed by atoms with E-state index in [9.17, 15) is 29.4 Å². The molecule has 0 fully saturated rings. The number of carboxylic acid groups (broad SMARTS) is 2. The van der Waals surface area contributed by atoms with E-state index in [0.29, 0.717) is 11.1 Å². The Hall–Kier alpha value is -3.92. The number of amides is 2. The lowest BCUT2D eigenvalue weighted by molar-refractivity contribution is -0.142. The van der Waals surface area contributed by atoms with Gasteiger partial charge in [0.2, 0.25) is 11.8 Å². The van der Waals surface area contributed by atoms with E-state index in [2.05, 4.69) is 10.6 Å². The van der Waals surface area contributed by atoms with E-state index in [1.165, 1.54) is 12.1 Å². The largest absolute Gasteiger partial charge is 0.508 e. The highest BCUT2D eigenvalue weighted by Gasteiger charge is 2.28. The first-order chi connectivity index (χ1) is 15.7. The van der Waals surface area contributed by atoms with Gasteiger partial charge in [-0.2, -0.15) is 0 Å². The summed E-state index contributed by atoms with van der Waals surface area (Å²) in [6.45, 7) is 0. The minimum atomic E-state index is -1.24. The van der Waals surface area contributed by atoms with Crippen molar-refractivity contribution in [3.8, 4) is 5.75 Å². The molecule has 2 aromatic rings. The molecular formula is C23H27N3O7. The van der Waals surface area contributed by atoms with E-state index in [0.717, 1.165) is 0 Å². The topological polar surface area (TPSA) is 179 Å². The number of rotatable bonds is 12. The first-order valence-corrected chi connectivity index (χ1v) is 10.3. The molecule has 10 nitrogen and oxygen atoms in total. The van der Waals surface area contributed by atoms with E-state index >= 15 is 0 Å². The van der Waals surface area contributed by atoms with Crippen molar-refractivity contribution in [3.63, 3.8) is 0 Å². The lowest BCUT2D eigenvalue weighted by Crippen LogP contribution is -2.55. The van der Waals surface area contributed by atoms with E-state index in [-0.39, 0.29) is 31.4 Å². The van der Waals surface area contributed by atoms with Crippen molar-refractivity contribution in [3.05, 3.63) is 65.7 Å². The third kappa shape index (κ3) is 8.62. The van der Waals surface area contributed by atoms with Crippen molar-refractivity contribution in [2.24, 2.45) is 5.73 Å². The Morgan fingerprint density at radius 3 is 1.91 bits per heavy atom. The summed E-state index contributed by atoms with van der Waals surface area (Å²) in [6.07, 6.45) is -0.400. The molecule has 10 heteroatoms. The highest BCUT2D eigenvalue weighted by atomic mass is 16.4. The fourth-order valence-corrected chi connectivity index (χ4v) is 3.09. The number of phenolic OH excluding ortho intramolecular Hbond substituents is 1. The molecule has 0 radical (unpaired) electrons. The van der Waals surface area contributed by atoms with E-state index < -0.39 is 41.9 Å². The van der Waals surface area contributed by atoms with Gasteiger partial charge >= 0.3 is 11.9 Å². The third-order valence-corrected chi connectivity index (χ3v) is 4.91. The van der Waals surface area contributed by atoms with Crippen molar-refractivity contribution < 1.29 is 34.5 Å². The van der Waals surface area contributed by atoms with E-state index in [4.69, 9.17) is 10.8 Å². The van der Waals surface area contributed by atoms with Crippen LogP contribution in [0.25, 0.3) is 0 Å². The summed E-state index contributed by atoms with van der Waals surface area (Å²) in [7, 11) is 0. The second kappa shape index (κ2) is 12.2.